The molecule has 1 aromatic rings. The molecule has 0 aromatic heterocycles. The fraction of sp³-hybridized carbons (Fsp3) is 0.333. The van der Waals surface area contributed by atoms with Gasteiger partial charge in [-0.15, -0.1) is 0 Å². The molecule has 0 saturated heterocycles. The van der Waals surface area contributed by atoms with Crippen molar-refractivity contribution < 1.29 is 13.2 Å². The van der Waals surface area contributed by atoms with Crippen LogP contribution < -0.4 is 0 Å². The lowest BCUT2D eigenvalue weighted by Crippen LogP contribution is -2.08. The lowest BCUT2D eigenvalue weighted by atomic mass is 10.0. The summed E-state index contributed by atoms with van der Waals surface area (Å²) in [5.74, 6) is 0. The molecule has 0 fully saturated rings. The maximum absolute atomic E-state index is 12.3. The quantitative estimate of drug-likeness (QED) is 0.653. The zero-order chi connectivity index (χ0) is 10.2. The van der Waals surface area contributed by atoms with Crippen molar-refractivity contribution in [1.82, 2.24) is 0 Å². The number of rotatable bonds is 0. The van der Waals surface area contributed by atoms with E-state index in [9.17, 15) is 13.2 Å². The Bertz CT molecular complexity index is 328. The second kappa shape index (κ2) is 3.33. The third kappa shape index (κ3) is 2.05. The Morgan fingerprint density at radius 3 is 2.08 bits per heavy atom. The molecule has 0 radical (unpaired) electrons. The van der Waals surface area contributed by atoms with Crippen LogP contribution in [0.1, 0.15) is 16.7 Å². The normalized spacial score (nSPS) is 11.8. The first-order chi connectivity index (χ1) is 5.84. The summed E-state index contributed by atoms with van der Waals surface area (Å²) in [7, 11) is 0. The van der Waals surface area contributed by atoms with Crippen LogP contribution in [0, 0.1) is 13.8 Å². The topological polar surface area (TPSA) is 0 Å². The van der Waals surface area contributed by atoms with Crippen LogP contribution in [0.3, 0.4) is 0 Å². The monoisotopic (exact) mass is 252 g/mol. The summed E-state index contributed by atoms with van der Waals surface area (Å²) in [6.45, 7) is 3.14. The predicted octanol–water partition coefficient (Wildman–Crippen LogP) is 4.08. The molecule has 0 saturated carbocycles. The highest BCUT2D eigenvalue weighted by Gasteiger charge is 2.32. The molecule has 72 valence electrons. The third-order valence-corrected chi connectivity index (χ3v) is 2.89. The molecule has 0 aliphatic carbocycles. The lowest BCUT2D eigenvalue weighted by Gasteiger charge is -2.12. The van der Waals surface area contributed by atoms with Gasteiger partial charge in [0.2, 0.25) is 0 Å². The van der Waals surface area contributed by atoms with Gasteiger partial charge in [-0.05, 0) is 37.1 Å². The van der Waals surface area contributed by atoms with Crippen LogP contribution in [0.4, 0.5) is 13.2 Å². The Morgan fingerprint density at radius 1 is 1.08 bits per heavy atom. The number of hydrogen-bond donors (Lipinski definition) is 0. The van der Waals surface area contributed by atoms with Gasteiger partial charge in [0.1, 0.15) is 0 Å². The molecule has 0 aliphatic heterocycles. The van der Waals surface area contributed by atoms with Gasteiger partial charge in [-0.1, -0.05) is 15.9 Å². The maximum Gasteiger partial charge on any atom is 0.416 e. The van der Waals surface area contributed by atoms with Crippen molar-refractivity contribution in [2.45, 2.75) is 20.0 Å². The summed E-state index contributed by atoms with van der Waals surface area (Å²) in [5, 5.41) is 0. The number of benzene rings is 1. The van der Waals surface area contributed by atoms with Crippen LogP contribution in [0.15, 0.2) is 16.6 Å². The Hall–Kier alpha value is -0.510. The summed E-state index contributed by atoms with van der Waals surface area (Å²) in [6, 6.07) is 2.51. The summed E-state index contributed by atoms with van der Waals surface area (Å²) < 4.78 is 37.7. The molecule has 0 aliphatic rings. The van der Waals surface area contributed by atoms with Crippen LogP contribution >= 0.6 is 15.9 Å². The highest BCUT2D eigenvalue weighted by molar-refractivity contribution is 9.10. The molecule has 0 atom stereocenters. The van der Waals surface area contributed by atoms with Gasteiger partial charge >= 0.3 is 6.18 Å². The van der Waals surface area contributed by atoms with E-state index in [1.807, 2.05) is 0 Å². The van der Waals surface area contributed by atoms with Gasteiger partial charge in [-0.25, -0.2) is 0 Å². The van der Waals surface area contributed by atoms with Gasteiger partial charge in [-0.2, -0.15) is 13.2 Å². The molecule has 0 N–H and O–H groups in total. The van der Waals surface area contributed by atoms with Gasteiger partial charge in [0.05, 0.1) is 5.56 Å². The van der Waals surface area contributed by atoms with E-state index in [-0.39, 0.29) is 5.56 Å². The van der Waals surface area contributed by atoms with Gasteiger partial charge < -0.3 is 0 Å². The lowest BCUT2D eigenvalue weighted by molar-refractivity contribution is -0.138. The molecular weight excluding hydrogens is 245 g/mol. The Morgan fingerprint density at radius 2 is 1.62 bits per heavy atom. The van der Waals surface area contributed by atoms with Crippen molar-refractivity contribution in [1.29, 1.82) is 0 Å². The van der Waals surface area contributed by atoms with Crippen molar-refractivity contribution >= 4 is 15.9 Å². The van der Waals surface area contributed by atoms with Gasteiger partial charge in [0, 0.05) is 4.47 Å². The smallest absolute Gasteiger partial charge is 0.166 e. The summed E-state index contributed by atoms with van der Waals surface area (Å²) in [5.41, 5.74) is 0.352. The fourth-order valence-corrected chi connectivity index (χ4v) is 1.52. The molecule has 0 unspecified atom stereocenters. The first-order valence-electron chi connectivity index (χ1n) is 3.67. The van der Waals surface area contributed by atoms with Crippen LogP contribution in [0.2, 0.25) is 0 Å². The van der Waals surface area contributed by atoms with E-state index >= 15 is 0 Å². The number of alkyl halides is 3. The second-order valence-electron chi connectivity index (χ2n) is 2.84. The molecule has 13 heavy (non-hydrogen) atoms. The molecule has 0 nitrogen and oxygen atoms in total. The van der Waals surface area contributed by atoms with Crippen LogP contribution in [-0.2, 0) is 6.18 Å². The molecule has 0 amide bonds. The fourth-order valence-electron chi connectivity index (χ4n) is 1.09. The first-order valence-corrected chi connectivity index (χ1v) is 4.46. The van der Waals surface area contributed by atoms with Crippen molar-refractivity contribution in [2.24, 2.45) is 0 Å². The van der Waals surface area contributed by atoms with Crippen molar-refractivity contribution in [3.8, 4) is 0 Å². The van der Waals surface area contributed by atoms with Gasteiger partial charge in [-0.3, -0.25) is 0 Å². The minimum absolute atomic E-state index is 0.280. The van der Waals surface area contributed by atoms with Crippen LogP contribution in [0.5, 0.6) is 0 Å². The van der Waals surface area contributed by atoms with E-state index in [0.29, 0.717) is 10.0 Å². The Labute approximate surface area is 82.9 Å². The minimum atomic E-state index is -4.25. The summed E-state index contributed by atoms with van der Waals surface area (Å²) >= 11 is 3.18. The Balaban J connectivity index is 3.35. The van der Waals surface area contributed by atoms with E-state index in [1.165, 1.54) is 13.0 Å². The van der Waals surface area contributed by atoms with Gasteiger partial charge in [0.25, 0.3) is 0 Å². The SMILES string of the molecule is Cc1c(Br)ccc(C(F)(F)F)c1C. The molecule has 1 rings (SSSR count). The molecule has 1 aromatic carbocycles. The third-order valence-electron chi connectivity index (χ3n) is 2.03. The van der Waals surface area contributed by atoms with Crippen molar-refractivity contribution in [3.05, 3.63) is 33.3 Å². The molecule has 0 bridgehead atoms. The average molecular weight is 253 g/mol. The van der Waals surface area contributed by atoms with E-state index in [4.69, 9.17) is 0 Å². The highest BCUT2D eigenvalue weighted by atomic mass is 79.9. The van der Waals surface area contributed by atoms with E-state index in [1.54, 1.807) is 6.92 Å². The van der Waals surface area contributed by atoms with E-state index < -0.39 is 11.7 Å². The highest BCUT2D eigenvalue weighted by Crippen LogP contribution is 2.34. The zero-order valence-corrected chi connectivity index (χ0v) is 8.75. The molecule has 0 spiro atoms. The van der Waals surface area contributed by atoms with E-state index in [0.717, 1.165) is 6.07 Å². The standard InChI is InChI=1S/C9H8BrF3/c1-5-6(2)8(10)4-3-7(5)9(11,12)13/h3-4H,1-2H3. The number of halogens is 4. The molecule has 0 heterocycles. The predicted molar refractivity (Wildman–Crippen MR) is 48.6 cm³/mol. The van der Waals surface area contributed by atoms with Crippen LogP contribution in [-0.4, -0.2) is 0 Å². The maximum atomic E-state index is 12.3. The van der Waals surface area contributed by atoms with Gasteiger partial charge in [0.15, 0.2) is 0 Å². The number of hydrogen-bond acceptors (Lipinski definition) is 0. The second-order valence-corrected chi connectivity index (χ2v) is 3.70. The first kappa shape index (κ1) is 10.6. The molecule has 4 heteroatoms. The Kier molecular flexibility index (Phi) is 2.71. The largest absolute Gasteiger partial charge is 0.416 e. The van der Waals surface area contributed by atoms with Crippen LogP contribution in [0.25, 0.3) is 0 Å². The summed E-state index contributed by atoms with van der Waals surface area (Å²) in [4.78, 5) is 0. The summed E-state index contributed by atoms with van der Waals surface area (Å²) in [6.07, 6.45) is -4.25. The van der Waals surface area contributed by atoms with E-state index in [2.05, 4.69) is 15.9 Å². The average Bonchev–Trinajstić information content (AvgIpc) is 1.98. The molecular formula is C9H8BrF3. The zero-order valence-electron chi connectivity index (χ0n) is 7.17. The minimum Gasteiger partial charge on any atom is -0.166 e. The van der Waals surface area contributed by atoms with Crippen molar-refractivity contribution in [2.75, 3.05) is 0 Å². The van der Waals surface area contributed by atoms with Crippen molar-refractivity contribution in [3.63, 3.8) is 0 Å².